The Morgan fingerprint density at radius 3 is 2.34 bits per heavy atom. The minimum Gasteiger partial charge on any atom is -0.326 e. The van der Waals surface area contributed by atoms with E-state index in [1.54, 1.807) is 29.2 Å². The summed E-state index contributed by atoms with van der Waals surface area (Å²) >= 11 is 0. The van der Waals surface area contributed by atoms with Gasteiger partial charge in [-0.05, 0) is 61.9 Å². The second-order valence-electron chi connectivity index (χ2n) is 8.13. The highest BCUT2D eigenvalue weighted by Gasteiger charge is 2.35. The monoisotopic (exact) mass is 427 g/mol. The van der Waals surface area contributed by atoms with Crippen molar-refractivity contribution >= 4 is 34.8 Å². The van der Waals surface area contributed by atoms with Gasteiger partial charge in [-0.3, -0.25) is 14.4 Å². The minimum absolute atomic E-state index is 0.134. The molecule has 3 amide bonds. The zero-order chi connectivity index (χ0) is 22.7. The number of hydrogen-bond acceptors (Lipinski definition) is 3. The molecule has 6 nitrogen and oxygen atoms in total. The highest BCUT2D eigenvalue weighted by molar-refractivity contribution is 6.07. The first-order chi connectivity index (χ1) is 15.4. The molecule has 1 atom stereocenters. The van der Waals surface area contributed by atoms with Crippen molar-refractivity contribution in [1.82, 2.24) is 0 Å². The zero-order valence-corrected chi connectivity index (χ0v) is 18.1. The molecule has 1 aliphatic rings. The largest absolute Gasteiger partial charge is 0.326 e. The van der Waals surface area contributed by atoms with E-state index < -0.39 is 5.92 Å². The van der Waals surface area contributed by atoms with Crippen LogP contribution < -0.4 is 15.5 Å². The fourth-order valence-corrected chi connectivity index (χ4v) is 3.76. The molecule has 1 heterocycles. The molecule has 1 fully saturated rings. The van der Waals surface area contributed by atoms with Crippen LogP contribution in [0.3, 0.4) is 0 Å². The van der Waals surface area contributed by atoms with Gasteiger partial charge in [0.2, 0.25) is 11.8 Å². The van der Waals surface area contributed by atoms with Gasteiger partial charge < -0.3 is 15.5 Å². The molecule has 6 heteroatoms. The van der Waals surface area contributed by atoms with Gasteiger partial charge >= 0.3 is 0 Å². The Labute approximate surface area is 187 Å². The van der Waals surface area contributed by atoms with Gasteiger partial charge in [-0.15, -0.1) is 0 Å². The lowest BCUT2D eigenvalue weighted by Gasteiger charge is -2.18. The molecular formula is C26H25N3O3. The van der Waals surface area contributed by atoms with E-state index in [2.05, 4.69) is 10.6 Å². The van der Waals surface area contributed by atoms with Crippen molar-refractivity contribution in [2.24, 2.45) is 5.92 Å². The van der Waals surface area contributed by atoms with Gasteiger partial charge in [0, 0.05) is 35.6 Å². The van der Waals surface area contributed by atoms with E-state index >= 15 is 0 Å². The van der Waals surface area contributed by atoms with Gasteiger partial charge in [0.1, 0.15) is 0 Å². The second kappa shape index (κ2) is 9.06. The van der Waals surface area contributed by atoms with E-state index in [4.69, 9.17) is 0 Å². The van der Waals surface area contributed by atoms with Crippen molar-refractivity contribution < 1.29 is 14.4 Å². The van der Waals surface area contributed by atoms with Crippen LogP contribution in [0.1, 0.15) is 27.9 Å². The fraction of sp³-hybridized carbons (Fsp3) is 0.192. The Morgan fingerprint density at radius 1 is 0.844 bits per heavy atom. The molecule has 3 aromatic rings. The zero-order valence-electron chi connectivity index (χ0n) is 18.1. The van der Waals surface area contributed by atoms with Crippen LogP contribution in [0.4, 0.5) is 17.1 Å². The van der Waals surface area contributed by atoms with E-state index in [9.17, 15) is 14.4 Å². The first kappa shape index (κ1) is 21.3. The fourth-order valence-electron chi connectivity index (χ4n) is 3.76. The Hall–Kier alpha value is -3.93. The third-order valence-electron chi connectivity index (χ3n) is 5.51. The summed E-state index contributed by atoms with van der Waals surface area (Å²) in [6.45, 7) is 4.22. The summed E-state index contributed by atoms with van der Waals surface area (Å²) in [7, 11) is 0. The number of hydrogen-bond donors (Lipinski definition) is 2. The number of carbonyl (C=O) groups is 3. The van der Waals surface area contributed by atoms with E-state index in [1.165, 1.54) is 0 Å². The van der Waals surface area contributed by atoms with Crippen LogP contribution in [0.5, 0.6) is 0 Å². The first-order valence-corrected chi connectivity index (χ1v) is 10.5. The van der Waals surface area contributed by atoms with Crippen molar-refractivity contribution in [2.75, 3.05) is 22.1 Å². The molecule has 4 rings (SSSR count). The molecule has 1 aliphatic heterocycles. The molecule has 162 valence electrons. The highest BCUT2D eigenvalue weighted by atomic mass is 16.2. The van der Waals surface area contributed by atoms with Crippen molar-refractivity contribution in [3.05, 3.63) is 89.5 Å². The Kier molecular flexibility index (Phi) is 6.03. The summed E-state index contributed by atoms with van der Waals surface area (Å²) in [5.41, 5.74) is 4.64. The maximum atomic E-state index is 12.7. The van der Waals surface area contributed by atoms with E-state index in [1.807, 2.05) is 62.4 Å². The van der Waals surface area contributed by atoms with Crippen LogP contribution in [0, 0.1) is 19.8 Å². The molecule has 0 bridgehead atoms. The topological polar surface area (TPSA) is 78.5 Å². The van der Waals surface area contributed by atoms with Gasteiger partial charge in [-0.2, -0.15) is 0 Å². The van der Waals surface area contributed by atoms with E-state index in [-0.39, 0.29) is 30.7 Å². The van der Waals surface area contributed by atoms with Gasteiger partial charge in [-0.25, -0.2) is 0 Å². The summed E-state index contributed by atoms with van der Waals surface area (Å²) in [5.74, 6) is -1.02. The standard InChI is InChI=1S/C26H25N3O3/c1-17-9-11-21(12-10-17)27-25(31)19-6-4-8-23(14-19)29-16-20(15-24(29)30)26(32)28-22-7-3-5-18(2)13-22/h3-14,20H,15-16H2,1-2H3,(H,27,31)(H,28,32). The number of amides is 3. The van der Waals surface area contributed by atoms with Crippen molar-refractivity contribution in [3.8, 4) is 0 Å². The Bertz CT molecular complexity index is 1170. The number of benzene rings is 3. The molecule has 0 radical (unpaired) electrons. The minimum atomic E-state index is -0.451. The molecule has 0 saturated carbocycles. The number of nitrogens with zero attached hydrogens (tertiary/aromatic N) is 1. The number of carbonyl (C=O) groups excluding carboxylic acids is 3. The molecule has 0 aromatic heterocycles. The van der Waals surface area contributed by atoms with Crippen LogP contribution in [0.15, 0.2) is 72.8 Å². The molecule has 1 unspecified atom stereocenters. The molecule has 0 aliphatic carbocycles. The SMILES string of the molecule is Cc1ccc(NC(=O)c2cccc(N3CC(C(=O)Nc4cccc(C)c4)CC3=O)c2)cc1. The van der Waals surface area contributed by atoms with Crippen LogP contribution in [-0.4, -0.2) is 24.3 Å². The average Bonchev–Trinajstić information content (AvgIpc) is 3.17. The molecule has 0 spiro atoms. The molecule has 2 N–H and O–H groups in total. The average molecular weight is 428 g/mol. The third-order valence-corrected chi connectivity index (χ3v) is 5.51. The summed E-state index contributed by atoms with van der Waals surface area (Å²) in [5, 5.41) is 5.76. The van der Waals surface area contributed by atoms with Crippen molar-refractivity contribution in [1.29, 1.82) is 0 Å². The second-order valence-corrected chi connectivity index (χ2v) is 8.13. The van der Waals surface area contributed by atoms with Gasteiger partial charge in [-0.1, -0.05) is 35.9 Å². The van der Waals surface area contributed by atoms with E-state index in [0.717, 1.165) is 16.8 Å². The molecule has 32 heavy (non-hydrogen) atoms. The van der Waals surface area contributed by atoms with Crippen molar-refractivity contribution in [2.45, 2.75) is 20.3 Å². The molecule has 1 saturated heterocycles. The van der Waals surface area contributed by atoms with Crippen LogP contribution in [0.25, 0.3) is 0 Å². The smallest absolute Gasteiger partial charge is 0.255 e. The van der Waals surface area contributed by atoms with Crippen LogP contribution in [0.2, 0.25) is 0 Å². The summed E-state index contributed by atoms with van der Waals surface area (Å²) < 4.78 is 0. The molecule has 3 aromatic carbocycles. The normalized spacial score (nSPS) is 15.5. The number of aryl methyl sites for hydroxylation is 2. The van der Waals surface area contributed by atoms with Crippen LogP contribution >= 0.6 is 0 Å². The Balaban J connectivity index is 1.44. The lowest BCUT2D eigenvalue weighted by Crippen LogP contribution is -2.28. The number of anilines is 3. The summed E-state index contributed by atoms with van der Waals surface area (Å²) in [6, 6.07) is 22.0. The van der Waals surface area contributed by atoms with Crippen LogP contribution in [-0.2, 0) is 9.59 Å². The van der Waals surface area contributed by atoms with E-state index in [0.29, 0.717) is 16.9 Å². The van der Waals surface area contributed by atoms with Crippen molar-refractivity contribution in [3.63, 3.8) is 0 Å². The first-order valence-electron chi connectivity index (χ1n) is 10.5. The predicted octanol–water partition coefficient (Wildman–Crippen LogP) is 4.55. The summed E-state index contributed by atoms with van der Waals surface area (Å²) in [4.78, 5) is 39.6. The summed E-state index contributed by atoms with van der Waals surface area (Å²) in [6.07, 6.45) is 0.136. The maximum Gasteiger partial charge on any atom is 0.255 e. The lowest BCUT2D eigenvalue weighted by atomic mass is 10.1. The predicted molar refractivity (Wildman–Crippen MR) is 126 cm³/mol. The quantitative estimate of drug-likeness (QED) is 0.627. The maximum absolute atomic E-state index is 12.7. The molecular weight excluding hydrogens is 402 g/mol. The van der Waals surface area contributed by atoms with Gasteiger partial charge in [0.25, 0.3) is 5.91 Å². The Morgan fingerprint density at radius 2 is 1.59 bits per heavy atom. The lowest BCUT2D eigenvalue weighted by molar-refractivity contribution is -0.122. The highest BCUT2D eigenvalue weighted by Crippen LogP contribution is 2.27. The van der Waals surface area contributed by atoms with Gasteiger partial charge in [0.15, 0.2) is 0 Å². The van der Waals surface area contributed by atoms with Gasteiger partial charge in [0.05, 0.1) is 5.92 Å². The third kappa shape index (κ3) is 4.86. The number of rotatable bonds is 5. The number of nitrogens with one attached hydrogen (secondary N) is 2.